The number of benzene rings is 16. The fraction of sp³-hybridized carbons (Fsp3) is 0.0957. The quantitative estimate of drug-likeness (QED) is 0.0184. The number of carbonyl (C=O) groups is 8. The minimum atomic E-state index is -0.434. The largest absolute Gasteiger partial charge is 0.508 e. The van der Waals surface area contributed by atoms with E-state index >= 15 is 0 Å². The Hall–Kier alpha value is -15.3. The van der Waals surface area contributed by atoms with Gasteiger partial charge < -0.3 is 83.9 Å². The zero-order chi connectivity index (χ0) is 99.4. The van der Waals surface area contributed by atoms with E-state index in [9.17, 15) is 83.6 Å². The number of aryl methyl sites for hydroxylation is 1. The van der Waals surface area contributed by atoms with Crippen LogP contribution in [0, 0.1) is 12.7 Å². The van der Waals surface area contributed by atoms with Crippen LogP contribution in [0.5, 0.6) is 51.7 Å². The number of methoxy groups -OCH3 is 1. The van der Waals surface area contributed by atoms with Crippen LogP contribution in [-0.4, -0.2) is 105 Å². The SMILES string of the molecule is COc1ccc(C(C=O)c2ccc(O)cc2)cc1.CSc1ccc(C(C=O)c2ccc(O)cc2)cc1.Cc1ccc(C(C=O)c2ccc(O)cc2)cc1.O=CC(c1ccc(O)cc1)c1ccc(Br)cc1.O=CC(c1ccc(O)cc1)c1ccc(Cl)c(Cl)c1.O=CC(c1ccc(O)cc1)c1ccc(Cl)cc1.O=CC(c1ccc(O)cc1)c1ccc(F)cc1.O=CC(c1ccccc1)c1ccc(O)cc1. The van der Waals surface area contributed by atoms with E-state index in [0.29, 0.717) is 15.1 Å². The monoisotopic (exact) mass is 1980 g/mol. The molecule has 8 atom stereocenters. The second kappa shape index (κ2) is 55.5. The lowest BCUT2D eigenvalue weighted by atomic mass is 9.92. The van der Waals surface area contributed by atoms with Crippen LogP contribution in [0.15, 0.2) is 398 Å². The molecule has 16 aromatic carbocycles. The number of rotatable bonds is 26. The third-order valence-corrected chi connectivity index (χ3v) is 23.9. The number of halogens is 5. The van der Waals surface area contributed by atoms with Crippen molar-refractivity contribution in [3.8, 4) is 51.7 Å². The average Bonchev–Trinajstić information content (AvgIpc) is 0.812. The fourth-order valence-corrected chi connectivity index (χ4v) is 15.1. The van der Waals surface area contributed by atoms with Gasteiger partial charge in [0.05, 0.1) is 64.5 Å². The highest BCUT2D eigenvalue weighted by Crippen LogP contribution is 2.36. The first-order valence-electron chi connectivity index (χ1n) is 42.8. The Morgan fingerprint density at radius 3 is 0.703 bits per heavy atom. The summed E-state index contributed by atoms with van der Waals surface area (Å²) >= 11 is 22.6. The number of phenols is 8. The first-order valence-corrected chi connectivity index (χ1v) is 45.9. The van der Waals surface area contributed by atoms with Gasteiger partial charge in [0.2, 0.25) is 0 Å². The topological polar surface area (TPSA) is 308 Å². The van der Waals surface area contributed by atoms with Gasteiger partial charge in [0, 0.05) is 14.4 Å². The summed E-state index contributed by atoms with van der Waals surface area (Å²) in [6.45, 7) is 2.01. The second-order valence-corrected chi connectivity index (χ2v) is 33.9. The molecule has 0 saturated carbocycles. The van der Waals surface area contributed by atoms with Crippen molar-refractivity contribution in [2.45, 2.75) is 59.2 Å². The molecule has 0 aromatic heterocycles. The molecule has 700 valence electrons. The first kappa shape index (κ1) is 106. The number of carbonyl (C=O) groups excluding carboxylic acids is 8. The summed E-state index contributed by atoms with van der Waals surface area (Å²) in [6, 6.07) is 112. The van der Waals surface area contributed by atoms with Gasteiger partial charge in [-0.1, -0.05) is 275 Å². The molecular weight excluding hydrogens is 1890 g/mol. The van der Waals surface area contributed by atoms with E-state index in [2.05, 4.69) is 15.9 Å². The molecule has 0 amide bonds. The molecule has 17 nitrogen and oxygen atoms in total. The Morgan fingerprint density at radius 2 is 0.464 bits per heavy atom. The smallest absolute Gasteiger partial charge is 0.131 e. The molecule has 0 saturated heterocycles. The molecule has 0 aliphatic heterocycles. The van der Waals surface area contributed by atoms with Gasteiger partial charge in [-0.05, 0) is 272 Å². The van der Waals surface area contributed by atoms with Crippen LogP contribution in [0.3, 0.4) is 0 Å². The van der Waals surface area contributed by atoms with Gasteiger partial charge in [0.15, 0.2) is 0 Å². The van der Waals surface area contributed by atoms with Gasteiger partial charge in [0.25, 0.3) is 0 Å². The molecule has 0 aliphatic carbocycles. The molecule has 0 bridgehead atoms. The summed E-state index contributed by atoms with van der Waals surface area (Å²) in [6.07, 6.45) is 9.14. The van der Waals surface area contributed by atoms with Gasteiger partial charge in [-0.15, -0.1) is 11.8 Å². The first-order chi connectivity index (χ1) is 66.7. The fourth-order valence-electron chi connectivity index (χ4n) is 14.0. The van der Waals surface area contributed by atoms with E-state index in [4.69, 9.17) is 39.5 Å². The maximum Gasteiger partial charge on any atom is 0.131 e. The number of aromatic hydroxyl groups is 8. The predicted octanol–water partition coefficient (Wildman–Crippen LogP) is 25.7. The van der Waals surface area contributed by atoms with E-state index in [-0.39, 0.29) is 87.3 Å². The van der Waals surface area contributed by atoms with Crippen LogP contribution >= 0.6 is 62.5 Å². The van der Waals surface area contributed by atoms with Crippen LogP contribution in [0.25, 0.3) is 0 Å². The number of thioether (sulfide) groups is 1. The number of phenolic OH excluding ortho intramolecular Hbond substituents is 8. The van der Waals surface area contributed by atoms with Gasteiger partial charge in [-0.2, -0.15) is 0 Å². The van der Waals surface area contributed by atoms with Crippen molar-refractivity contribution in [1.82, 2.24) is 0 Å². The van der Waals surface area contributed by atoms with Crippen molar-refractivity contribution in [1.29, 1.82) is 0 Å². The van der Waals surface area contributed by atoms with E-state index < -0.39 is 11.8 Å². The highest BCUT2D eigenvalue weighted by atomic mass is 79.9. The van der Waals surface area contributed by atoms with Crippen molar-refractivity contribution in [3.05, 3.63) is 508 Å². The van der Waals surface area contributed by atoms with Crippen LogP contribution in [0.4, 0.5) is 4.39 Å². The van der Waals surface area contributed by atoms with Crippen molar-refractivity contribution in [2.75, 3.05) is 13.4 Å². The standard InChI is InChI=1S/C15H14O3.C15H14O2S.C15H14O2.C14H11BrO2.C14H10Cl2O2.C14H11ClO2.C14H11FO2.C14H12O2/c2*1-18-14-8-4-12(5-9-14)15(10-16)11-2-6-13(17)7-3-11;1-11-2-4-12(5-3-11)15(10-16)13-6-8-14(17)9-7-13;15-12-5-1-10(2-6-12)14(9-16)11-3-7-13(17)8-4-11;15-13-6-3-10(7-14(13)16)12(8-17)9-1-4-11(18)5-2-9;2*15-12-5-1-10(2-6-12)14(9-16)11-3-7-13(17)8-4-11;15-10-14(11-4-2-1-3-5-11)12-6-8-13(16)9-7-12/h2*2-10,15,17H,1H3;2-10,15,17H,1H3;1-9,14,17H;1-8,12,18H;2*1-9,14,17H;1-10,14,16H. The molecule has 16 aromatic rings. The average molecular weight is 1990 g/mol. The summed E-state index contributed by atoms with van der Waals surface area (Å²) < 4.78 is 18.9. The Balaban J connectivity index is 0.000000177. The molecule has 0 spiro atoms. The highest BCUT2D eigenvalue weighted by molar-refractivity contribution is 9.10. The lowest BCUT2D eigenvalue weighted by molar-refractivity contribution is -0.109. The number of aldehydes is 8. The molecular formula is C115H97BrCl3FO17S. The third kappa shape index (κ3) is 32.8. The minimum Gasteiger partial charge on any atom is -0.508 e. The molecule has 0 heterocycles. The highest BCUT2D eigenvalue weighted by Gasteiger charge is 2.21. The lowest BCUT2D eigenvalue weighted by Crippen LogP contribution is -2.02. The van der Waals surface area contributed by atoms with Crippen molar-refractivity contribution in [3.63, 3.8) is 0 Å². The number of hydrogen-bond acceptors (Lipinski definition) is 18. The second-order valence-electron chi connectivity index (χ2n) is 30.8. The molecule has 0 fully saturated rings. The summed E-state index contributed by atoms with van der Waals surface area (Å²) in [5.41, 5.74) is 15.1. The normalized spacial score (nSPS) is 12.0. The third-order valence-electron chi connectivity index (χ3n) is 21.6. The summed E-state index contributed by atoms with van der Waals surface area (Å²) in [5.74, 6) is -0.635. The van der Waals surface area contributed by atoms with Crippen molar-refractivity contribution in [2.24, 2.45) is 0 Å². The number of hydrogen-bond donors (Lipinski definition) is 8. The summed E-state index contributed by atoms with van der Waals surface area (Å²) in [5, 5.41) is 75.3. The molecule has 0 aliphatic rings. The van der Waals surface area contributed by atoms with Crippen LogP contribution in [0.1, 0.15) is 142 Å². The Kier molecular flexibility index (Phi) is 42.8. The van der Waals surface area contributed by atoms with Gasteiger partial charge >= 0.3 is 0 Å². The van der Waals surface area contributed by atoms with E-state index in [1.807, 2.05) is 153 Å². The molecule has 0 radical (unpaired) electrons. The summed E-state index contributed by atoms with van der Waals surface area (Å²) in [4.78, 5) is 90.8. The molecule has 8 N–H and O–H groups in total. The van der Waals surface area contributed by atoms with Crippen LogP contribution in [0.2, 0.25) is 15.1 Å². The van der Waals surface area contributed by atoms with Crippen LogP contribution < -0.4 is 4.74 Å². The van der Waals surface area contributed by atoms with Crippen molar-refractivity contribution < 1.29 is 88.3 Å². The Labute approximate surface area is 827 Å². The Bertz CT molecular complexity index is 5790. The lowest BCUT2D eigenvalue weighted by Gasteiger charge is -2.12. The zero-order valence-corrected chi connectivity index (χ0v) is 79.4. The summed E-state index contributed by atoms with van der Waals surface area (Å²) in [7, 11) is 1.60. The molecule has 138 heavy (non-hydrogen) atoms. The van der Waals surface area contributed by atoms with Crippen molar-refractivity contribution >= 4 is 113 Å². The van der Waals surface area contributed by atoms with Gasteiger partial charge in [0.1, 0.15) is 108 Å². The minimum absolute atomic E-state index is 0.150. The van der Waals surface area contributed by atoms with Gasteiger partial charge in [-0.3, -0.25) is 0 Å². The molecule has 8 unspecified atom stereocenters. The number of ether oxygens (including phenoxy) is 1. The van der Waals surface area contributed by atoms with E-state index in [1.165, 1.54) is 34.7 Å². The van der Waals surface area contributed by atoms with Crippen LogP contribution in [-0.2, 0) is 38.4 Å². The molecule has 16 rings (SSSR count). The van der Waals surface area contributed by atoms with Gasteiger partial charge in [-0.25, -0.2) is 4.39 Å². The van der Waals surface area contributed by atoms with E-state index in [1.54, 1.807) is 243 Å². The predicted molar refractivity (Wildman–Crippen MR) is 545 cm³/mol. The zero-order valence-electron chi connectivity index (χ0n) is 74.7. The Morgan fingerprint density at radius 1 is 0.261 bits per heavy atom. The maximum atomic E-state index is 12.8. The van der Waals surface area contributed by atoms with E-state index in [0.717, 1.165) is 150 Å². The maximum absolute atomic E-state index is 12.8. The molecule has 23 heteroatoms.